The Morgan fingerprint density at radius 1 is 1.20 bits per heavy atom. The standard InChI is InChI=1S/C30H46N6O4/c1-21(2)17-36(24-15-23(31)18-35(19-24)29(38)40-20-22-11-8-7-9-12-22)27(37)25-16-33-28(30(3,4)5)34-26(25)32-13-10-14-39-6/h7-9,11-12,16,21,23-24H,10,13-15,17-20,31H2,1-6H3,(H,32,33,34)/t23-,24+/m1/s1. The number of nitrogens with two attached hydrogens (primary N) is 1. The van der Waals surface area contributed by atoms with Crippen LogP contribution in [0.2, 0.25) is 0 Å². The molecule has 40 heavy (non-hydrogen) atoms. The Labute approximate surface area is 238 Å². The molecule has 0 bridgehead atoms. The van der Waals surface area contributed by atoms with Crippen LogP contribution < -0.4 is 11.1 Å². The van der Waals surface area contributed by atoms with Crippen LogP contribution >= 0.6 is 0 Å². The zero-order chi connectivity index (χ0) is 29.3. The van der Waals surface area contributed by atoms with Crippen LogP contribution in [-0.4, -0.2) is 83.7 Å². The van der Waals surface area contributed by atoms with Crippen molar-refractivity contribution in [2.75, 3.05) is 45.2 Å². The number of nitrogens with one attached hydrogen (secondary N) is 1. The molecule has 2 aromatic rings. The fourth-order valence-electron chi connectivity index (χ4n) is 4.70. The zero-order valence-electron chi connectivity index (χ0n) is 24.9. The van der Waals surface area contributed by atoms with Crippen LogP contribution in [0.1, 0.15) is 69.2 Å². The molecule has 2 heterocycles. The number of aromatic nitrogens is 2. The third-order valence-electron chi connectivity index (χ3n) is 6.70. The number of ether oxygens (including phenoxy) is 2. The molecule has 10 heteroatoms. The second kappa shape index (κ2) is 14.4. The van der Waals surface area contributed by atoms with E-state index in [1.54, 1.807) is 18.2 Å². The van der Waals surface area contributed by atoms with Gasteiger partial charge in [-0.05, 0) is 24.3 Å². The summed E-state index contributed by atoms with van der Waals surface area (Å²) in [5.41, 5.74) is 7.46. The lowest BCUT2D eigenvalue weighted by Gasteiger charge is -2.42. The lowest BCUT2D eigenvalue weighted by atomic mass is 9.95. The third kappa shape index (κ3) is 8.89. The Balaban J connectivity index is 1.84. The molecule has 1 aromatic carbocycles. The molecule has 1 fully saturated rings. The van der Waals surface area contributed by atoms with E-state index in [0.717, 1.165) is 12.0 Å². The number of hydrogen-bond donors (Lipinski definition) is 2. The quantitative estimate of drug-likeness (QED) is 0.399. The maximum absolute atomic E-state index is 14.1. The number of piperidine rings is 1. The highest BCUT2D eigenvalue weighted by molar-refractivity contribution is 5.98. The van der Waals surface area contributed by atoms with Crippen LogP contribution in [0.3, 0.4) is 0 Å². The number of carbonyl (C=O) groups excluding carboxylic acids is 2. The predicted octanol–water partition coefficient (Wildman–Crippen LogP) is 4.06. The van der Waals surface area contributed by atoms with Gasteiger partial charge in [0.25, 0.3) is 5.91 Å². The largest absolute Gasteiger partial charge is 0.445 e. The van der Waals surface area contributed by atoms with E-state index in [1.165, 1.54) is 0 Å². The number of hydrogen-bond acceptors (Lipinski definition) is 8. The third-order valence-corrected chi connectivity index (χ3v) is 6.70. The summed E-state index contributed by atoms with van der Waals surface area (Å²) < 4.78 is 10.8. The van der Waals surface area contributed by atoms with Gasteiger partial charge in [-0.2, -0.15) is 0 Å². The van der Waals surface area contributed by atoms with E-state index in [1.807, 2.05) is 56.0 Å². The van der Waals surface area contributed by atoms with Crippen molar-refractivity contribution < 1.29 is 19.1 Å². The van der Waals surface area contributed by atoms with Gasteiger partial charge in [0.1, 0.15) is 23.8 Å². The minimum atomic E-state index is -0.431. The van der Waals surface area contributed by atoms with Crippen molar-refractivity contribution >= 4 is 17.8 Å². The average Bonchev–Trinajstić information content (AvgIpc) is 2.92. The summed E-state index contributed by atoms with van der Waals surface area (Å²) in [7, 11) is 1.66. The SMILES string of the molecule is COCCCNc1nc(C(C)(C)C)ncc1C(=O)N(CC(C)C)[C@H]1C[C@@H](N)CN(C(=O)OCc2ccccc2)C1. The van der Waals surface area contributed by atoms with Gasteiger partial charge in [0, 0.05) is 57.5 Å². The Bertz CT molecular complexity index is 1110. The van der Waals surface area contributed by atoms with Crippen molar-refractivity contribution in [3.05, 3.63) is 53.5 Å². The summed E-state index contributed by atoms with van der Waals surface area (Å²) >= 11 is 0. The molecule has 0 saturated carbocycles. The number of carbonyl (C=O) groups is 2. The van der Waals surface area contributed by atoms with Gasteiger partial charge < -0.3 is 30.3 Å². The van der Waals surface area contributed by atoms with Crippen molar-refractivity contribution in [2.45, 2.75) is 71.6 Å². The average molecular weight is 555 g/mol. The summed E-state index contributed by atoms with van der Waals surface area (Å²) in [5, 5.41) is 3.33. The number of anilines is 1. The van der Waals surface area contributed by atoms with Gasteiger partial charge in [-0.3, -0.25) is 4.79 Å². The monoisotopic (exact) mass is 554 g/mol. The van der Waals surface area contributed by atoms with E-state index >= 15 is 0 Å². The molecule has 2 atom stereocenters. The second-order valence-electron chi connectivity index (χ2n) is 11.9. The second-order valence-corrected chi connectivity index (χ2v) is 11.9. The molecule has 1 aliphatic rings. The smallest absolute Gasteiger partial charge is 0.410 e. The van der Waals surface area contributed by atoms with Gasteiger partial charge in [-0.1, -0.05) is 65.0 Å². The van der Waals surface area contributed by atoms with Crippen molar-refractivity contribution in [1.82, 2.24) is 19.8 Å². The molecule has 220 valence electrons. The van der Waals surface area contributed by atoms with Gasteiger partial charge in [0.15, 0.2) is 0 Å². The van der Waals surface area contributed by atoms with Crippen molar-refractivity contribution in [1.29, 1.82) is 0 Å². The Morgan fingerprint density at radius 2 is 1.93 bits per heavy atom. The highest BCUT2D eigenvalue weighted by Gasteiger charge is 2.36. The van der Waals surface area contributed by atoms with Crippen molar-refractivity contribution in [3.8, 4) is 0 Å². The molecule has 1 aromatic heterocycles. The fraction of sp³-hybridized carbons (Fsp3) is 0.600. The molecule has 3 N–H and O–H groups in total. The molecule has 0 radical (unpaired) electrons. The van der Waals surface area contributed by atoms with E-state index in [9.17, 15) is 9.59 Å². The van der Waals surface area contributed by atoms with Crippen LogP contribution in [0.4, 0.5) is 10.6 Å². The summed E-state index contributed by atoms with van der Waals surface area (Å²) in [4.78, 5) is 39.9. The lowest BCUT2D eigenvalue weighted by Crippen LogP contribution is -2.58. The van der Waals surface area contributed by atoms with Crippen LogP contribution in [-0.2, 0) is 21.5 Å². The molecule has 1 saturated heterocycles. The van der Waals surface area contributed by atoms with Crippen LogP contribution in [0, 0.1) is 5.92 Å². The predicted molar refractivity (Wildman–Crippen MR) is 156 cm³/mol. The first-order chi connectivity index (χ1) is 19.0. The van der Waals surface area contributed by atoms with Crippen LogP contribution in [0.15, 0.2) is 36.5 Å². The number of rotatable bonds is 11. The highest BCUT2D eigenvalue weighted by atomic mass is 16.6. The molecular weight excluding hydrogens is 508 g/mol. The molecule has 10 nitrogen and oxygen atoms in total. The minimum Gasteiger partial charge on any atom is -0.445 e. The van der Waals surface area contributed by atoms with E-state index in [2.05, 4.69) is 24.1 Å². The number of nitrogens with zero attached hydrogens (tertiary/aromatic N) is 4. The van der Waals surface area contributed by atoms with Gasteiger partial charge in [-0.15, -0.1) is 0 Å². The molecule has 0 unspecified atom stereocenters. The fourth-order valence-corrected chi connectivity index (χ4v) is 4.70. The number of benzene rings is 1. The van der Waals surface area contributed by atoms with Gasteiger partial charge in [0.2, 0.25) is 0 Å². The van der Waals surface area contributed by atoms with Crippen LogP contribution in [0.5, 0.6) is 0 Å². The van der Waals surface area contributed by atoms with E-state index in [0.29, 0.717) is 56.4 Å². The van der Waals surface area contributed by atoms with Gasteiger partial charge >= 0.3 is 6.09 Å². The van der Waals surface area contributed by atoms with Gasteiger partial charge in [-0.25, -0.2) is 14.8 Å². The first kappa shape index (κ1) is 31.3. The first-order valence-electron chi connectivity index (χ1n) is 14.1. The number of methoxy groups -OCH3 is 1. The van der Waals surface area contributed by atoms with Gasteiger partial charge in [0.05, 0.1) is 6.04 Å². The van der Waals surface area contributed by atoms with Crippen LogP contribution in [0.25, 0.3) is 0 Å². The number of amides is 2. The molecule has 3 rings (SSSR count). The summed E-state index contributed by atoms with van der Waals surface area (Å²) in [5.74, 6) is 1.18. The normalized spacial score (nSPS) is 17.6. The molecule has 0 spiro atoms. The lowest BCUT2D eigenvalue weighted by molar-refractivity contribution is 0.0401. The first-order valence-corrected chi connectivity index (χ1v) is 14.1. The minimum absolute atomic E-state index is 0.180. The summed E-state index contributed by atoms with van der Waals surface area (Å²) in [6.07, 6.45) is 2.54. The van der Waals surface area contributed by atoms with E-state index in [-0.39, 0.29) is 35.9 Å². The van der Waals surface area contributed by atoms with Crippen molar-refractivity contribution in [2.24, 2.45) is 11.7 Å². The molecule has 1 aliphatic heterocycles. The Kier molecular flexibility index (Phi) is 11.3. The maximum atomic E-state index is 14.1. The molecule has 2 amide bonds. The highest BCUT2D eigenvalue weighted by Crippen LogP contribution is 2.25. The topological polar surface area (TPSA) is 123 Å². The molecule has 0 aliphatic carbocycles. The molecular formula is C30H46N6O4. The number of likely N-dealkylation sites (tertiary alicyclic amines) is 1. The maximum Gasteiger partial charge on any atom is 0.410 e. The van der Waals surface area contributed by atoms with Crippen molar-refractivity contribution in [3.63, 3.8) is 0 Å². The zero-order valence-corrected chi connectivity index (χ0v) is 24.9. The Hall–Kier alpha value is -3.24. The Morgan fingerprint density at radius 3 is 2.58 bits per heavy atom. The van der Waals surface area contributed by atoms with E-state index in [4.69, 9.17) is 20.2 Å². The summed E-state index contributed by atoms with van der Waals surface area (Å²) in [6.45, 7) is 12.9. The van der Waals surface area contributed by atoms with E-state index < -0.39 is 6.09 Å². The summed E-state index contributed by atoms with van der Waals surface area (Å²) in [6, 6.07) is 9.00.